The van der Waals surface area contributed by atoms with Gasteiger partial charge in [-0.3, -0.25) is 0 Å². The van der Waals surface area contributed by atoms with Crippen molar-refractivity contribution in [1.29, 1.82) is 0 Å². The number of hydrogen-bond donors (Lipinski definition) is 2. The molecule has 1 atom stereocenters. The van der Waals surface area contributed by atoms with Gasteiger partial charge < -0.3 is 10.3 Å². The summed E-state index contributed by atoms with van der Waals surface area (Å²) in [5.41, 5.74) is 3.62. The molecule has 1 aliphatic rings. The van der Waals surface area contributed by atoms with E-state index in [0.717, 1.165) is 18.7 Å². The first-order valence-corrected chi connectivity index (χ1v) is 5.68. The molecule has 0 spiro atoms. The van der Waals surface area contributed by atoms with Crippen molar-refractivity contribution in [2.75, 3.05) is 13.1 Å². The number of rotatable bonds is 1. The van der Waals surface area contributed by atoms with Gasteiger partial charge >= 0.3 is 0 Å². The van der Waals surface area contributed by atoms with Gasteiger partial charge in [-0.15, -0.1) is 0 Å². The highest BCUT2D eigenvalue weighted by molar-refractivity contribution is 5.91. The summed E-state index contributed by atoms with van der Waals surface area (Å²) in [7, 11) is 0. The van der Waals surface area contributed by atoms with Gasteiger partial charge in [0.1, 0.15) is 5.65 Å². The van der Waals surface area contributed by atoms with Gasteiger partial charge in [-0.25, -0.2) is 4.98 Å². The van der Waals surface area contributed by atoms with Crippen LogP contribution < -0.4 is 5.32 Å². The first-order chi connectivity index (χ1) is 7.84. The second-order valence-electron chi connectivity index (χ2n) is 4.40. The molecule has 2 aromatic rings. The lowest BCUT2D eigenvalue weighted by atomic mass is 9.97. The molecule has 0 amide bonds. The lowest BCUT2D eigenvalue weighted by Crippen LogP contribution is -2.26. The molecule has 2 aromatic heterocycles. The number of hydrogen-bond acceptors (Lipinski definition) is 2. The molecule has 3 heteroatoms. The monoisotopic (exact) mass is 213 g/mol. The predicted molar refractivity (Wildman–Crippen MR) is 66.1 cm³/mol. The Kier molecular flexibility index (Phi) is 2.26. The number of nitrogens with zero attached hydrogens (tertiary/aromatic N) is 1. The Bertz CT molecular complexity index is 539. The standard InChI is InChI=1S/C13H15N3/c1-9-5-10(7-14-6-9)12-8-16-13-11(12)3-2-4-15-13/h2-5,8-9,14H,6-7H2,1H3,(H,15,16)/t9-/m0/s1. The van der Waals surface area contributed by atoms with Gasteiger partial charge in [-0.05, 0) is 23.6 Å². The van der Waals surface area contributed by atoms with Crippen molar-refractivity contribution in [2.24, 2.45) is 5.92 Å². The van der Waals surface area contributed by atoms with E-state index in [9.17, 15) is 0 Å². The van der Waals surface area contributed by atoms with Gasteiger partial charge in [0.2, 0.25) is 0 Å². The Balaban J connectivity index is 2.12. The average Bonchev–Trinajstić information content (AvgIpc) is 2.72. The minimum absolute atomic E-state index is 0.602. The molecule has 82 valence electrons. The van der Waals surface area contributed by atoms with Crippen LogP contribution in [0, 0.1) is 5.92 Å². The first-order valence-electron chi connectivity index (χ1n) is 5.68. The number of nitrogens with one attached hydrogen (secondary N) is 2. The third-order valence-corrected chi connectivity index (χ3v) is 3.06. The molecule has 0 aliphatic carbocycles. The third-order valence-electron chi connectivity index (χ3n) is 3.06. The quantitative estimate of drug-likeness (QED) is 0.762. The van der Waals surface area contributed by atoms with Crippen LogP contribution in [0.3, 0.4) is 0 Å². The summed E-state index contributed by atoms with van der Waals surface area (Å²) in [6.45, 7) is 4.26. The molecule has 0 unspecified atom stereocenters. The van der Waals surface area contributed by atoms with Crippen molar-refractivity contribution in [3.8, 4) is 0 Å². The zero-order chi connectivity index (χ0) is 11.0. The molecule has 0 bridgehead atoms. The van der Waals surface area contributed by atoms with Crippen molar-refractivity contribution in [2.45, 2.75) is 6.92 Å². The lowest BCUT2D eigenvalue weighted by molar-refractivity contribution is 0.607. The van der Waals surface area contributed by atoms with Gasteiger partial charge in [-0.1, -0.05) is 13.0 Å². The van der Waals surface area contributed by atoms with Crippen molar-refractivity contribution in [3.63, 3.8) is 0 Å². The minimum Gasteiger partial charge on any atom is -0.346 e. The van der Waals surface area contributed by atoms with E-state index in [1.165, 1.54) is 16.5 Å². The molecule has 0 radical (unpaired) electrons. The van der Waals surface area contributed by atoms with E-state index in [4.69, 9.17) is 0 Å². The zero-order valence-corrected chi connectivity index (χ0v) is 9.33. The Morgan fingerprint density at radius 1 is 1.44 bits per heavy atom. The Labute approximate surface area is 94.6 Å². The van der Waals surface area contributed by atoms with Crippen molar-refractivity contribution < 1.29 is 0 Å². The maximum Gasteiger partial charge on any atom is 0.137 e. The van der Waals surface area contributed by atoms with Gasteiger partial charge in [0.15, 0.2) is 0 Å². The molecule has 0 fully saturated rings. The van der Waals surface area contributed by atoms with Crippen LogP contribution in [0.25, 0.3) is 16.6 Å². The molecule has 1 aliphatic heterocycles. The minimum atomic E-state index is 0.602. The molecule has 3 rings (SSSR count). The number of pyridine rings is 1. The fraction of sp³-hybridized carbons (Fsp3) is 0.308. The smallest absolute Gasteiger partial charge is 0.137 e. The van der Waals surface area contributed by atoms with Crippen LogP contribution in [0.4, 0.5) is 0 Å². The molecule has 2 N–H and O–H groups in total. The molecule has 3 nitrogen and oxygen atoms in total. The van der Waals surface area contributed by atoms with Crippen LogP contribution >= 0.6 is 0 Å². The highest BCUT2D eigenvalue weighted by atomic mass is 14.9. The van der Waals surface area contributed by atoms with Crippen LogP contribution in [0.5, 0.6) is 0 Å². The van der Waals surface area contributed by atoms with Crippen molar-refractivity contribution >= 4 is 16.6 Å². The Morgan fingerprint density at radius 3 is 3.25 bits per heavy atom. The fourth-order valence-electron chi connectivity index (χ4n) is 2.30. The summed E-state index contributed by atoms with van der Waals surface area (Å²) in [5, 5.41) is 4.65. The summed E-state index contributed by atoms with van der Waals surface area (Å²) >= 11 is 0. The van der Waals surface area contributed by atoms with Crippen LogP contribution in [-0.2, 0) is 0 Å². The summed E-state index contributed by atoms with van der Waals surface area (Å²) in [6.07, 6.45) is 6.23. The van der Waals surface area contributed by atoms with E-state index in [-0.39, 0.29) is 0 Å². The van der Waals surface area contributed by atoms with Crippen LogP contribution in [-0.4, -0.2) is 23.1 Å². The lowest BCUT2D eigenvalue weighted by Gasteiger charge is -2.18. The van der Waals surface area contributed by atoms with Gasteiger partial charge in [-0.2, -0.15) is 0 Å². The molecule has 0 aromatic carbocycles. The van der Waals surface area contributed by atoms with E-state index in [1.54, 1.807) is 0 Å². The van der Waals surface area contributed by atoms with Gasteiger partial charge in [0.25, 0.3) is 0 Å². The highest BCUT2D eigenvalue weighted by Crippen LogP contribution is 2.25. The third kappa shape index (κ3) is 1.53. The average molecular weight is 213 g/mol. The van der Waals surface area contributed by atoms with E-state index >= 15 is 0 Å². The molecule has 0 saturated carbocycles. The van der Waals surface area contributed by atoms with E-state index < -0.39 is 0 Å². The molecular formula is C13H15N3. The maximum absolute atomic E-state index is 4.31. The van der Waals surface area contributed by atoms with E-state index in [0.29, 0.717) is 5.92 Å². The SMILES string of the molecule is C[C@H]1C=C(c2c[nH]c3ncccc23)CNC1. The van der Waals surface area contributed by atoms with Crippen molar-refractivity contribution in [1.82, 2.24) is 15.3 Å². The Morgan fingerprint density at radius 2 is 2.38 bits per heavy atom. The number of aromatic amines is 1. The molecule has 3 heterocycles. The topological polar surface area (TPSA) is 40.7 Å². The molecule has 0 saturated heterocycles. The van der Waals surface area contributed by atoms with Crippen LogP contribution in [0.2, 0.25) is 0 Å². The summed E-state index contributed by atoms with van der Waals surface area (Å²) in [4.78, 5) is 7.53. The second-order valence-corrected chi connectivity index (χ2v) is 4.40. The summed E-state index contributed by atoms with van der Waals surface area (Å²) < 4.78 is 0. The summed E-state index contributed by atoms with van der Waals surface area (Å²) in [5.74, 6) is 0.602. The number of aromatic nitrogens is 2. The first kappa shape index (κ1) is 9.60. The highest BCUT2D eigenvalue weighted by Gasteiger charge is 2.13. The van der Waals surface area contributed by atoms with E-state index in [2.05, 4.69) is 40.5 Å². The Hall–Kier alpha value is -1.61. The van der Waals surface area contributed by atoms with Crippen LogP contribution in [0.1, 0.15) is 12.5 Å². The molecular weight excluding hydrogens is 198 g/mol. The van der Waals surface area contributed by atoms with Crippen molar-refractivity contribution in [3.05, 3.63) is 36.2 Å². The van der Waals surface area contributed by atoms with Gasteiger partial charge in [0, 0.05) is 36.4 Å². The van der Waals surface area contributed by atoms with Crippen LogP contribution in [0.15, 0.2) is 30.6 Å². The number of H-pyrrole nitrogens is 1. The zero-order valence-electron chi connectivity index (χ0n) is 9.33. The normalized spacial score (nSPS) is 21.1. The predicted octanol–water partition coefficient (Wildman–Crippen LogP) is 2.19. The molecule has 16 heavy (non-hydrogen) atoms. The second kappa shape index (κ2) is 3.76. The largest absolute Gasteiger partial charge is 0.346 e. The fourth-order valence-corrected chi connectivity index (χ4v) is 2.30. The van der Waals surface area contributed by atoms with E-state index in [1.807, 2.05) is 12.3 Å². The van der Waals surface area contributed by atoms with Gasteiger partial charge in [0.05, 0.1) is 0 Å². The maximum atomic E-state index is 4.31. The number of fused-ring (bicyclic) bond motifs is 1. The summed E-state index contributed by atoms with van der Waals surface area (Å²) in [6, 6.07) is 4.11.